The molecule has 18 nitrogen and oxygen atoms in total. The highest BCUT2D eigenvalue weighted by Gasteiger charge is 2.79. The van der Waals surface area contributed by atoms with Gasteiger partial charge in [0.15, 0.2) is 36.7 Å². The van der Waals surface area contributed by atoms with Crippen molar-refractivity contribution in [2.24, 2.45) is 11.8 Å². The van der Waals surface area contributed by atoms with E-state index in [1.54, 1.807) is 0 Å². The first-order chi connectivity index (χ1) is 17.9. The van der Waals surface area contributed by atoms with Gasteiger partial charge in [0.25, 0.3) is 0 Å². The normalized spacial score (nSPS) is 41.9. The van der Waals surface area contributed by atoms with Gasteiger partial charge in [-0.3, -0.25) is 9.11 Å². The Balaban J connectivity index is 2.03. The van der Waals surface area contributed by atoms with Crippen molar-refractivity contribution in [3.63, 3.8) is 0 Å². The summed E-state index contributed by atoms with van der Waals surface area (Å²) in [6.07, 6.45) is -11.4. The molecule has 6 unspecified atom stereocenters. The molecule has 0 aromatic rings. The molecule has 3 rings (SSSR count). The van der Waals surface area contributed by atoms with E-state index in [1.807, 2.05) is 0 Å². The number of methoxy groups -OCH3 is 5. The van der Waals surface area contributed by atoms with E-state index in [2.05, 4.69) is 4.33 Å². The molecule has 0 radical (unpaired) electrons. The van der Waals surface area contributed by atoms with Crippen LogP contribution >= 0.6 is 0 Å². The van der Waals surface area contributed by atoms with Gasteiger partial charge in [-0.05, 0) is 0 Å². The fourth-order valence-electron chi connectivity index (χ4n) is 5.01. The number of ether oxygens (including phenoxy) is 8. The second-order valence-corrected chi connectivity index (χ2v) is 9.95. The van der Waals surface area contributed by atoms with E-state index in [-0.39, 0.29) is 6.61 Å². The average Bonchev–Trinajstić information content (AvgIpc) is 3.50. The zero-order valence-corrected chi connectivity index (χ0v) is 22.4. The zero-order valence-electron chi connectivity index (χ0n) is 20.8. The van der Waals surface area contributed by atoms with Gasteiger partial charge >= 0.3 is 27.7 Å². The van der Waals surface area contributed by atoms with Gasteiger partial charge in [0.05, 0.1) is 18.4 Å². The lowest BCUT2D eigenvalue weighted by molar-refractivity contribution is -0.383. The molecule has 3 aliphatic rings. The lowest BCUT2D eigenvalue weighted by Gasteiger charge is -2.44. The second-order valence-electron chi connectivity index (χ2n) is 8.33. The Morgan fingerprint density at radius 1 is 0.947 bits per heavy atom. The maximum Gasteiger partial charge on any atom is 0.397 e. The van der Waals surface area contributed by atoms with Crippen molar-refractivity contribution in [3.05, 3.63) is 0 Å². The molecule has 0 aromatic heterocycles. The fraction of sp³-hybridized carbons (Fsp3) is 0.944. The highest BCUT2D eigenvalue weighted by Crippen LogP contribution is 2.63. The summed E-state index contributed by atoms with van der Waals surface area (Å²) in [4.78, 5) is 16.9. The molecular weight excluding hydrogens is 568 g/mol. The first kappa shape index (κ1) is 31.6. The zero-order chi connectivity index (χ0) is 28.4. The monoisotopic (exact) mass is 598 g/mol. The summed E-state index contributed by atoms with van der Waals surface area (Å²) in [6, 6.07) is 0. The van der Waals surface area contributed by atoms with Gasteiger partial charge < -0.3 is 43.0 Å². The van der Waals surface area contributed by atoms with Gasteiger partial charge in [-0.25, -0.2) is 13.9 Å². The predicted molar refractivity (Wildman–Crippen MR) is 116 cm³/mol. The van der Waals surface area contributed by atoms with Crippen LogP contribution in [0, 0.1) is 11.8 Å². The molecular formula is C18H30O18S2. The van der Waals surface area contributed by atoms with Crippen LogP contribution in [-0.4, -0.2) is 130 Å². The Morgan fingerprint density at radius 2 is 1.61 bits per heavy atom. The summed E-state index contributed by atoms with van der Waals surface area (Å²) in [6.45, 7) is -0.195. The number of carboxylic acid groups (broad SMARTS) is 1. The van der Waals surface area contributed by atoms with E-state index >= 15 is 0 Å². The van der Waals surface area contributed by atoms with Crippen molar-refractivity contribution in [1.82, 2.24) is 0 Å². The predicted octanol–water partition coefficient (Wildman–Crippen LogP) is -1.91. The van der Waals surface area contributed by atoms with E-state index in [1.165, 1.54) is 35.5 Å². The molecule has 0 amide bonds. The van der Waals surface area contributed by atoms with Crippen LogP contribution in [0.25, 0.3) is 0 Å². The minimum Gasteiger partial charge on any atom is -0.479 e. The third-order valence-corrected chi connectivity index (χ3v) is 7.10. The Morgan fingerprint density at radius 3 is 2.08 bits per heavy atom. The number of fused-ring (bicyclic) bond motifs is 1. The van der Waals surface area contributed by atoms with Crippen LogP contribution in [0.1, 0.15) is 0 Å². The van der Waals surface area contributed by atoms with Crippen LogP contribution in [0.5, 0.6) is 0 Å². The Hall–Kier alpha value is -0.950. The third kappa shape index (κ3) is 6.34. The highest BCUT2D eigenvalue weighted by molar-refractivity contribution is 7.80. The van der Waals surface area contributed by atoms with E-state index in [9.17, 15) is 27.1 Å². The van der Waals surface area contributed by atoms with Crippen LogP contribution in [0.4, 0.5) is 0 Å². The molecule has 0 aromatic carbocycles. The van der Waals surface area contributed by atoms with Crippen molar-refractivity contribution < 1.29 is 82.9 Å². The number of carboxylic acids is 1. The number of hydrogen-bond donors (Lipinski definition) is 3. The maximum atomic E-state index is 12.0. The molecule has 2 heterocycles. The molecule has 12 atom stereocenters. The summed E-state index contributed by atoms with van der Waals surface area (Å²) in [7, 11) is 1.07. The largest absolute Gasteiger partial charge is 0.479 e. The molecule has 0 bridgehead atoms. The maximum absolute atomic E-state index is 12.0. The fourth-order valence-corrected chi connectivity index (χ4v) is 5.65. The summed E-state index contributed by atoms with van der Waals surface area (Å²) in [5.74, 6) is -5.05. The minimum atomic E-state index is -5.23. The topological polar surface area (TPSA) is 230 Å². The third-order valence-electron chi connectivity index (χ3n) is 6.44. The quantitative estimate of drug-likeness (QED) is 0.0651. The molecule has 222 valence electrons. The first-order valence-corrected chi connectivity index (χ1v) is 13.2. The standard InChI is InChI=1S/C18H30O18S2/c1-26-6-7-10(27-2)13(34-36-37(21)22)14(35-38(23,24)25)17(31-7)33-18(30-5)8-9(18)12(28-3)16(29-4)32-11(8)15(19)20/h7-14,16-17H,6H2,1-5H3,(H,19,20)(H,21,22)(H,23,24,25)/t7?,8-,9-,10+,11?,12?,13-,14?,16+,17-,18?/m0/s1. The molecule has 1 saturated carbocycles. The minimum absolute atomic E-state index is 0.195. The van der Waals surface area contributed by atoms with Gasteiger partial charge in [0.1, 0.15) is 18.3 Å². The second kappa shape index (κ2) is 12.7. The van der Waals surface area contributed by atoms with Crippen molar-refractivity contribution in [3.8, 4) is 0 Å². The van der Waals surface area contributed by atoms with Gasteiger partial charge in [0, 0.05) is 35.5 Å². The molecule has 3 fully saturated rings. The smallest absolute Gasteiger partial charge is 0.397 e. The van der Waals surface area contributed by atoms with Crippen LogP contribution in [0.15, 0.2) is 0 Å². The Labute approximate surface area is 219 Å². The average molecular weight is 599 g/mol. The van der Waals surface area contributed by atoms with Crippen molar-refractivity contribution in [2.75, 3.05) is 42.2 Å². The number of carbonyl (C=O) groups is 1. The van der Waals surface area contributed by atoms with Crippen LogP contribution in [0.2, 0.25) is 0 Å². The Bertz CT molecular complexity index is 948. The molecule has 3 N–H and O–H groups in total. The van der Waals surface area contributed by atoms with Gasteiger partial charge in [0.2, 0.25) is 0 Å². The lowest BCUT2D eigenvalue weighted by Crippen LogP contribution is -2.63. The number of rotatable bonds is 14. The molecule has 0 spiro atoms. The van der Waals surface area contributed by atoms with Crippen LogP contribution in [-0.2, 0) is 77.9 Å². The Kier molecular flexibility index (Phi) is 10.6. The molecule has 2 aliphatic heterocycles. The van der Waals surface area contributed by atoms with Crippen molar-refractivity contribution in [1.29, 1.82) is 0 Å². The first-order valence-electron chi connectivity index (χ1n) is 10.8. The molecule has 38 heavy (non-hydrogen) atoms. The highest BCUT2D eigenvalue weighted by atomic mass is 32.3. The summed E-state index contributed by atoms with van der Waals surface area (Å²) in [5, 5.41) is 9.77. The van der Waals surface area contributed by atoms with E-state index < -0.39 is 94.6 Å². The summed E-state index contributed by atoms with van der Waals surface area (Å²) >= 11 is -2.98. The number of aliphatic carboxylic acids is 1. The molecule has 2 saturated heterocycles. The number of hydrogen-bond acceptors (Lipinski definition) is 15. The summed E-state index contributed by atoms with van der Waals surface area (Å²) in [5.41, 5.74) is 0. The molecule has 1 aliphatic carbocycles. The van der Waals surface area contributed by atoms with E-state index in [0.29, 0.717) is 0 Å². The molecule has 20 heteroatoms. The van der Waals surface area contributed by atoms with E-state index in [0.717, 1.165) is 0 Å². The van der Waals surface area contributed by atoms with Crippen LogP contribution in [0.3, 0.4) is 0 Å². The van der Waals surface area contributed by atoms with Gasteiger partial charge in [-0.2, -0.15) is 12.6 Å². The van der Waals surface area contributed by atoms with Crippen molar-refractivity contribution >= 4 is 27.7 Å². The van der Waals surface area contributed by atoms with Crippen molar-refractivity contribution in [2.45, 2.75) is 55.0 Å². The lowest BCUT2D eigenvalue weighted by atomic mass is 9.99. The summed E-state index contributed by atoms with van der Waals surface area (Å²) < 4.78 is 106. The van der Waals surface area contributed by atoms with Gasteiger partial charge in [-0.1, -0.05) is 0 Å². The van der Waals surface area contributed by atoms with Crippen LogP contribution < -0.4 is 0 Å². The SMILES string of the molecule is COCC1O[C@@H](OC2(OC)[C@@H]3C(C(=O)O)O[C@@H](OC)C(OC)[C@H]32)C(OS(=O)(=O)O)[C@@H](OOS(=O)O)[C@@H]1OC. The van der Waals surface area contributed by atoms with Gasteiger partial charge in [-0.15, -0.1) is 4.33 Å². The van der Waals surface area contributed by atoms with E-state index in [4.69, 9.17) is 51.5 Å².